The third-order valence-corrected chi connectivity index (χ3v) is 5.13. The first kappa shape index (κ1) is 17.2. The van der Waals surface area contributed by atoms with Gasteiger partial charge in [-0.2, -0.15) is 0 Å². The van der Waals surface area contributed by atoms with E-state index in [0.29, 0.717) is 24.9 Å². The van der Waals surface area contributed by atoms with E-state index in [0.717, 1.165) is 0 Å². The van der Waals surface area contributed by atoms with Crippen molar-refractivity contribution in [2.75, 3.05) is 13.6 Å². The number of aliphatic carboxylic acids is 1. The van der Waals surface area contributed by atoms with E-state index in [2.05, 4.69) is 4.72 Å². The molecule has 1 unspecified atom stereocenters. The van der Waals surface area contributed by atoms with Gasteiger partial charge in [0.25, 0.3) is 0 Å². The zero-order valence-corrected chi connectivity index (χ0v) is 13.4. The first-order valence-electron chi connectivity index (χ1n) is 7.10. The summed E-state index contributed by atoms with van der Waals surface area (Å²) in [6.45, 7) is 0.430. The van der Waals surface area contributed by atoms with Crippen molar-refractivity contribution < 1.29 is 23.1 Å². The van der Waals surface area contributed by atoms with Gasteiger partial charge >= 0.3 is 5.97 Å². The summed E-state index contributed by atoms with van der Waals surface area (Å²) >= 11 is 0. The van der Waals surface area contributed by atoms with Crippen LogP contribution in [0.2, 0.25) is 0 Å². The van der Waals surface area contributed by atoms with Crippen molar-refractivity contribution in [1.29, 1.82) is 0 Å². The SMILES string of the molecule is CNS(=O)(=O)c1ccc(/C=C/C(=O)N2CCCC2C(=O)O)cc1. The molecule has 1 atom stereocenters. The molecule has 124 valence electrons. The molecule has 8 heteroatoms. The topological polar surface area (TPSA) is 104 Å². The van der Waals surface area contributed by atoms with Crippen molar-refractivity contribution in [3.63, 3.8) is 0 Å². The predicted octanol–water partition coefficient (Wildman–Crippen LogP) is 0.683. The van der Waals surface area contributed by atoms with Crippen molar-refractivity contribution in [3.8, 4) is 0 Å². The molecule has 1 amide bonds. The van der Waals surface area contributed by atoms with Gasteiger partial charge in [0.2, 0.25) is 15.9 Å². The van der Waals surface area contributed by atoms with Crippen molar-refractivity contribution in [1.82, 2.24) is 9.62 Å². The second kappa shape index (κ2) is 6.93. The number of amides is 1. The highest BCUT2D eigenvalue weighted by Crippen LogP contribution is 2.18. The summed E-state index contributed by atoms with van der Waals surface area (Å²) < 4.78 is 25.4. The minimum absolute atomic E-state index is 0.133. The van der Waals surface area contributed by atoms with Gasteiger partial charge in [-0.15, -0.1) is 0 Å². The van der Waals surface area contributed by atoms with E-state index in [-0.39, 0.29) is 10.8 Å². The molecule has 1 aromatic rings. The van der Waals surface area contributed by atoms with Crippen LogP contribution < -0.4 is 4.72 Å². The summed E-state index contributed by atoms with van der Waals surface area (Å²) in [5.74, 6) is -1.35. The summed E-state index contributed by atoms with van der Waals surface area (Å²) in [5.41, 5.74) is 0.652. The minimum atomic E-state index is -3.49. The van der Waals surface area contributed by atoms with Crippen molar-refractivity contribution in [2.24, 2.45) is 0 Å². The van der Waals surface area contributed by atoms with Crippen LogP contribution in [0.3, 0.4) is 0 Å². The Labute approximate surface area is 134 Å². The number of likely N-dealkylation sites (tertiary alicyclic amines) is 1. The number of nitrogens with one attached hydrogen (secondary N) is 1. The van der Waals surface area contributed by atoms with E-state index in [1.807, 2.05) is 0 Å². The normalized spacial score (nSPS) is 18.5. The van der Waals surface area contributed by atoms with Crippen LogP contribution in [-0.4, -0.2) is 49.9 Å². The smallest absolute Gasteiger partial charge is 0.326 e. The highest BCUT2D eigenvalue weighted by atomic mass is 32.2. The Morgan fingerprint density at radius 2 is 1.96 bits per heavy atom. The number of carboxylic acid groups (broad SMARTS) is 1. The number of sulfonamides is 1. The number of carbonyl (C=O) groups is 2. The Morgan fingerprint density at radius 3 is 2.52 bits per heavy atom. The molecule has 0 saturated carbocycles. The summed E-state index contributed by atoms with van der Waals surface area (Å²) in [5, 5.41) is 9.07. The average Bonchev–Trinajstić information content (AvgIpc) is 3.03. The van der Waals surface area contributed by atoms with Gasteiger partial charge in [0.15, 0.2) is 0 Å². The van der Waals surface area contributed by atoms with Gasteiger partial charge in [-0.1, -0.05) is 12.1 Å². The molecule has 1 fully saturated rings. The van der Waals surface area contributed by atoms with Crippen LogP contribution >= 0.6 is 0 Å². The molecular weight excluding hydrogens is 320 g/mol. The summed E-state index contributed by atoms with van der Waals surface area (Å²) in [6.07, 6.45) is 3.98. The fourth-order valence-electron chi connectivity index (χ4n) is 2.43. The molecule has 2 N–H and O–H groups in total. The number of carboxylic acids is 1. The van der Waals surface area contributed by atoms with Crippen LogP contribution in [0, 0.1) is 0 Å². The number of carbonyl (C=O) groups excluding carboxylic acids is 1. The quantitative estimate of drug-likeness (QED) is 0.769. The van der Waals surface area contributed by atoms with E-state index >= 15 is 0 Å². The average molecular weight is 338 g/mol. The zero-order chi connectivity index (χ0) is 17.0. The number of hydrogen-bond acceptors (Lipinski definition) is 4. The number of hydrogen-bond donors (Lipinski definition) is 2. The Balaban J connectivity index is 2.08. The van der Waals surface area contributed by atoms with E-state index in [9.17, 15) is 18.0 Å². The monoisotopic (exact) mass is 338 g/mol. The number of rotatable bonds is 5. The fourth-order valence-corrected chi connectivity index (χ4v) is 3.16. The number of nitrogens with zero attached hydrogens (tertiary/aromatic N) is 1. The molecule has 1 aromatic carbocycles. The molecule has 0 radical (unpaired) electrons. The molecule has 0 bridgehead atoms. The van der Waals surface area contributed by atoms with Gasteiger partial charge in [-0.05, 0) is 43.7 Å². The molecule has 1 aliphatic rings. The lowest BCUT2D eigenvalue weighted by atomic mass is 10.2. The first-order chi connectivity index (χ1) is 10.8. The van der Waals surface area contributed by atoms with E-state index < -0.39 is 22.0 Å². The van der Waals surface area contributed by atoms with Gasteiger partial charge in [0.05, 0.1) is 4.90 Å². The van der Waals surface area contributed by atoms with Crippen LogP contribution in [0.15, 0.2) is 35.2 Å². The largest absolute Gasteiger partial charge is 0.480 e. The van der Waals surface area contributed by atoms with Gasteiger partial charge in [0.1, 0.15) is 6.04 Å². The lowest BCUT2D eigenvalue weighted by Gasteiger charge is -2.19. The van der Waals surface area contributed by atoms with Crippen molar-refractivity contribution in [3.05, 3.63) is 35.9 Å². The molecule has 0 aromatic heterocycles. The fraction of sp³-hybridized carbons (Fsp3) is 0.333. The van der Waals surface area contributed by atoms with E-state index in [1.54, 1.807) is 12.1 Å². The summed E-state index contributed by atoms with van der Waals surface area (Å²) in [7, 11) is -2.16. The molecule has 2 rings (SSSR count). The van der Waals surface area contributed by atoms with Crippen LogP contribution in [0.1, 0.15) is 18.4 Å². The predicted molar refractivity (Wildman–Crippen MR) is 84.1 cm³/mol. The Bertz CT molecular complexity index is 725. The number of benzene rings is 1. The van der Waals surface area contributed by atoms with Gasteiger partial charge in [0, 0.05) is 12.6 Å². The third kappa shape index (κ3) is 3.96. The minimum Gasteiger partial charge on any atom is -0.480 e. The van der Waals surface area contributed by atoms with Gasteiger partial charge in [-0.25, -0.2) is 17.9 Å². The van der Waals surface area contributed by atoms with Crippen LogP contribution in [0.25, 0.3) is 6.08 Å². The second-order valence-corrected chi connectivity index (χ2v) is 7.02. The Hall–Kier alpha value is -2.19. The zero-order valence-electron chi connectivity index (χ0n) is 12.6. The third-order valence-electron chi connectivity index (χ3n) is 3.70. The molecule has 1 saturated heterocycles. The van der Waals surface area contributed by atoms with Crippen molar-refractivity contribution >= 4 is 28.0 Å². The first-order valence-corrected chi connectivity index (χ1v) is 8.58. The van der Waals surface area contributed by atoms with Gasteiger partial charge < -0.3 is 10.0 Å². The lowest BCUT2D eigenvalue weighted by Crippen LogP contribution is -2.39. The molecular formula is C15H18N2O5S. The van der Waals surface area contributed by atoms with Crippen LogP contribution in [0.5, 0.6) is 0 Å². The maximum atomic E-state index is 12.1. The highest BCUT2D eigenvalue weighted by Gasteiger charge is 2.32. The standard InChI is InChI=1S/C15H18N2O5S/c1-16-23(21,22)12-7-4-11(5-8-12)6-9-14(18)17-10-2-3-13(17)15(19)20/h4-9,13,16H,2-3,10H2,1H3,(H,19,20)/b9-6+. The molecule has 1 heterocycles. The second-order valence-electron chi connectivity index (χ2n) is 5.14. The Morgan fingerprint density at radius 1 is 1.30 bits per heavy atom. The molecule has 0 spiro atoms. The van der Waals surface area contributed by atoms with Gasteiger partial charge in [-0.3, -0.25) is 4.79 Å². The molecule has 0 aliphatic carbocycles. The molecule has 23 heavy (non-hydrogen) atoms. The summed E-state index contributed by atoms with van der Waals surface area (Å²) in [4.78, 5) is 24.6. The lowest BCUT2D eigenvalue weighted by molar-refractivity contribution is -0.146. The maximum absolute atomic E-state index is 12.1. The van der Waals surface area contributed by atoms with Crippen LogP contribution in [-0.2, 0) is 19.6 Å². The van der Waals surface area contributed by atoms with E-state index in [4.69, 9.17) is 5.11 Å². The molecule has 7 nitrogen and oxygen atoms in total. The van der Waals surface area contributed by atoms with Crippen molar-refractivity contribution in [2.45, 2.75) is 23.8 Å². The maximum Gasteiger partial charge on any atom is 0.326 e. The van der Waals surface area contributed by atoms with Crippen LogP contribution in [0.4, 0.5) is 0 Å². The Kier molecular flexibility index (Phi) is 5.17. The molecule has 1 aliphatic heterocycles. The highest BCUT2D eigenvalue weighted by molar-refractivity contribution is 7.89. The summed E-state index contributed by atoms with van der Waals surface area (Å²) in [6, 6.07) is 5.26. The van der Waals surface area contributed by atoms with E-state index in [1.165, 1.54) is 36.2 Å².